The fourth-order valence-electron chi connectivity index (χ4n) is 0. The van der Waals surface area contributed by atoms with Crippen LogP contribution in [0.25, 0.3) is 0 Å². The summed E-state index contributed by atoms with van der Waals surface area (Å²) in [4.78, 5) is 8.78. The van der Waals surface area contributed by atoms with Gasteiger partial charge in [-0.3, -0.25) is 0 Å². The van der Waals surface area contributed by atoms with Crippen molar-refractivity contribution >= 4 is 29.4 Å². The van der Waals surface area contributed by atoms with E-state index in [9.17, 15) is 0 Å². The number of nitrogens with two attached hydrogens (primary N) is 1. The van der Waals surface area contributed by atoms with E-state index in [4.69, 9.17) is 9.90 Å². The van der Waals surface area contributed by atoms with E-state index in [1.165, 1.54) is 0 Å². The Kier molecular flexibility index (Phi) is 35.9. The summed E-state index contributed by atoms with van der Waals surface area (Å²) in [5.74, 6) is 0. The molecule has 3 N–H and O–H groups in total. The minimum Gasteiger partial charge on any atom is -0.465 e. The molecule has 0 heterocycles. The van der Waals surface area contributed by atoms with Crippen LogP contribution in [-0.4, -0.2) is 11.2 Å². The van der Waals surface area contributed by atoms with Gasteiger partial charge in [-0.15, -0.1) is 23.3 Å². The van der Waals surface area contributed by atoms with Gasteiger partial charge in [-0.05, 0) is 0 Å². The molecular weight excluding hydrogens is 178 g/mol. The van der Waals surface area contributed by atoms with Gasteiger partial charge in [-0.1, -0.05) is 0 Å². The van der Waals surface area contributed by atoms with Crippen molar-refractivity contribution in [1.29, 1.82) is 0 Å². The topological polar surface area (TPSA) is 63.3 Å². The molecule has 7 heavy (non-hydrogen) atoms. The van der Waals surface area contributed by atoms with E-state index in [0.29, 0.717) is 0 Å². The first kappa shape index (κ1) is 15.6. The number of carbonyl (C=O) groups is 1. The molecule has 0 aromatic rings. The molecule has 0 fully saturated rings. The summed E-state index contributed by atoms with van der Waals surface area (Å²) in [6.45, 7) is 0. The molecule has 1 amide bonds. The Morgan fingerprint density at radius 1 is 1.57 bits per heavy atom. The third-order valence-electron chi connectivity index (χ3n) is 0. The number of hydrogen-bond donors (Lipinski definition) is 4. The molecule has 0 bridgehead atoms. The molecule has 0 aromatic heterocycles. The summed E-state index contributed by atoms with van der Waals surface area (Å²) in [5.41, 5.74) is 4.03. The largest absolute Gasteiger partial charge is 0.465 e. The maximum Gasteiger partial charge on any atom is 0.402 e. The van der Waals surface area contributed by atoms with E-state index in [1.807, 2.05) is 0 Å². The van der Waals surface area contributed by atoms with Gasteiger partial charge in [-0.2, -0.15) is 0 Å². The number of carboxylic acid groups (broad SMARTS) is 1. The summed E-state index contributed by atoms with van der Waals surface area (Å²) < 4.78 is 0. The summed E-state index contributed by atoms with van der Waals surface area (Å²) in [6, 6.07) is 0. The molecule has 0 unspecified atom stereocenters. The van der Waals surface area contributed by atoms with Gasteiger partial charge in [0.05, 0.1) is 0 Å². The molecule has 46 valence electrons. The first-order valence-electron chi connectivity index (χ1n) is 0.916. The second kappa shape index (κ2) is 16.1. The Hall–Kier alpha value is 0.489. The molecule has 0 atom stereocenters. The fourth-order valence-corrected chi connectivity index (χ4v) is 0. The second-order valence-electron chi connectivity index (χ2n) is 0.338. The van der Waals surface area contributed by atoms with E-state index in [1.54, 1.807) is 0 Å². The smallest absolute Gasteiger partial charge is 0.402 e. The monoisotopic (exact) mass is 183 g/mol. The van der Waals surface area contributed by atoms with Crippen LogP contribution in [0.15, 0.2) is 0 Å². The van der Waals surface area contributed by atoms with Crippen LogP contribution in [0.3, 0.4) is 0 Å². The number of hydrogen-bond acceptors (Lipinski definition) is 3. The van der Waals surface area contributed by atoms with Crippen LogP contribution in [0.4, 0.5) is 4.79 Å². The normalized spacial score (nSPS) is 4.29. The summed E-state index contributed by atoms with van der Waals surface area (Å²) in [5, 5.41) is 7.19. The second-order valence-corrected chi connectivity index (χ2v) is 0.338. The van der Waals surface area contributed by atoms with Crippen molar-refractivity contribution in [2.45, 2.75) is 0 Å². The minimum absolute atomic E-state index is 0. The summed E-state index contributed by atoms with van der Waals surface area (Å²) in [7, 11) is 0. The van der Waals surface area contributed by atoms with E-state index < -0.39 is 6.09 Å². The van der Waals surface area contributed by atoms with E-state index in [0.717, 1.165) is 0 Å². The molecule has 0 aliphatic heterocycles. The molecule has 6 heteroatoms. The fraction of sp³-hybridized carbons (Fsp3) is 0. The number of rotatable bonds is 0. The van der Waals surface area contributed by atoms with E-state index in [-0.39, 0.29) is 17.1 Å². The zero-order valence-electron chi connectivity index (χ0n) is 3.18. The zero-order chi connectivity index (χ0) is 5.58. The number of thiol groups is 2. The van der Waals surface area contributed by atoms with Gasteiger partial charge in [-0.25, -0.2) is 4.79 Å². The molecule has 0 aliphatic carbocycles. The van der Waals surface area contributed by atoms with Crippen LogP contribution in [0, 0.1) is 0 Å². The SMILES string of the molecule is NC(=O)O.SS.[Fe]. The molecule has 0 aliphatic rings. The van der Waals surface area contributed by atoms with Crippen molar-refractivity contribution in [2.75, 3.05) is 0 Å². The Bertz CT molecular complexity index is 38.7. The van der Waals surface area contributed by atoms with Gasteiger partial charge in [0.1, 0.15) is 0 Å². The van der Waals surface area contributed by atoms with Gasteiger partial charge in [0.25, 0.3) is 0 Å². The van der Waals surface area contributed by atoms with E-state index in [2.05, 4.69) is 29.1 Å². The van der Waals surface area contributed by atoms with E-state index >= 15 is 0 Å². The van der Waals surface area contributed by atoms with Crippen molar-refractivity contribution in [3.8, 4) is 0 Å². The average Bonchev–Trinajstić information content (AvgIpc) is 1.41. The van der Waals surface area contributed by atoms with Crippen molar-refractivity contribution in [1.82, 2.24) is 0 Å². The summed E-state index contributed by atoms with van der Waals surface area (Å²) in [6.07, 6.45) is -1.33. The van der Waals surface area contributed by atoms with Crippen molar-refractivity contribution in [2.24, 2.45) is 5.73 Å². The predicted molar refractivity (Wildman–Crippen MR) is 30.2 cm³/mol. The minimum atomic E-state index is -1.33. The summed E-state index contributed by atoms with van der Waals surface area (Å²) >= 11 is 6.44. The van der Waals surface area contributed by atoms with Gasteiger partial charge in [0, 0.05) is 17.1 Å². The maximum absolute atomic E-state index is 8.78. The van der Waals surface area contributed by atoms with Crippen molar-refractivity contribution in [3.05, 3.63) is 0 Å². The molecule has 0 rings (SSSR count). The van der Waals surface area contributed by atoms with Crippen LogP contribution in [0.5, 0.6) is 0 Å². The van der Waals surface area contributed by atoms with Crippen LogP contribution in [-0.2, 0) is 17.1 Å². The molecule has 0 radical (unpaired) electrons. The van der Waals surface area contributed by atoms with Gasteiger partial charge in [0.15, 0.2) is 0 Å². The molecule has 0 aromatic carbocycles. The van der Waals surface area contributed by atoms with Crippen LogP contribution in [0.1, 0.15) is 0 Å². The Morgan fingerprint density at radius 2 is 1.57 bits per heavy atom. The first-order valence-corrected chi connectivity index (χ1v) is 2.52. The Morgan fingerprint density at radius 3 is 1.57 bits per heavy atom. The molecular formula is CH5FeNO2S2. The molecule has 0 saturated carbocycles. The third-order valence-corrected chi connectivity index (χ3v) is 0. The van der Waals surface area contributed by atoms with Crippen molar-refractivity contribution in [3.63, 3.8) is 0 Å². The zero-order valence-corrected chi connectivity index (χ0v) is 6.07. The standard InChI is InChI=1S/CH3NO2.Fe.H2S2/c2-1(3)4;;1-2/h2H2,(H,3,4);;1-2H. The van der Waals surface area contributed by atoms with Gasteiger partial charge < -0.3 is 10.8 Å². The van der Waals surface area contributed by atoms with Gasteiger partial charge in [0.2, 0.25) is 0 Å². The maximum atomic E-state index is 8.78. The number of amides is 1. The predicted octanol–water partition coefficient (Wildman–Crippen LogP) is 0.382. The Balaban J connectivity index is -0.0000000480. The first-order chi connectivity index (χ1) is 2.73. The Labute approximate surface area is 62.3 Å². The van der Waals surface area contributed by atoms with Crippen LogP contribution < -0.4 is 5.73 Å². The van der Waals surface area contributed by atoms with Gasteiger partial charge >= 0.3 is 6.09 Å². The molecule has 0 spiro atoms. The molecule has 3 nitrogen and oxygen atoms in total. The number of primary amides is 1. The van der Waals surface area contributed by atoms with Crippen molar-refractivity contribution < 1.29 is 27.0 Å². The molecule has 0 saturated heterocycles. The van der Waals surface area contributed by atoms with Crippen LogP contribution >= 0.6 is 23.3 Å². The third kappa shape index (κ3) is 546. The average molecular weight is 183 g/mol. The quantitative estimate of drug-likeness (QED) is 0.249. The van der Waals surface area contributed by atoms with Crippen LogP contribution in [0.2, 0.25) is 0 Å².